The minimum atomic E-state index is 0.528. The fourth-order valence-electron chi connectivity index (χ4n) is 2.17. The molecule has 2 aromatic heterocycles. The zero-order chi connectivity index (χ0) is 13.2. The van der Waals surface area contributed by atoms with E-state index in [2.05, 4.69) is 4.98 Å². The van der Waals surface area contributed by atoms with Gasteiger partial charge in [-0.25, -0.2) is 4.98 Å². The lowest BCUT2D eigenvalue weighted by molar-refractivity contribution is 0.111. The van der Waals surface area contributed by atoms with Gasteiger partial charge in [-0.05, 0) is 24.3 Å². The molecule has 0 aliphatic heterocycles. The number of hydrogen-bond donors (Lipinski definition) is 0. The molecule has 0 radical (unpaired) electrons. The van der Waals surface area contributed by atoms with Gasteiger partial charge in [-0.3, -0.25) is 9.20 Å². The van der Waals surface area contributed by atoms with Crippen molar-refractivity contribution in [3.8, 4) is 17.0 Å². The van der Waals surface area contributed by atoms with Gasteiger partial charge in [0.15, 0.2) is 6.29 Å². The van der Waals surface area contributed by atoms with Gasteiger partial charge >= 0.3 is 0 Å². The van der Waals surface area contributed by atoms with Crippen molar-refractivity contribution < 1.29 is 9.53 Å². The lowest BCUT2D eigenvalue weighted by Gasteiger charge is -2.05. The summed E-state index contributed by atoms with van der Waals surface area (Å²) in [5.74, 6) is 0.703. The number of pyridine rings is 1. The second-order valence-electron chi connectivity index (χ2n) is 4.09. The summed E-state index contributed by atoms with van der Waals surface area (Å²) in [7, 11) is 1.61. The molecule has 0 saturated carbocycles. The molecule has 1 aromatic carbocycles. The van der Waals surface area contributed by atoms with E-state index in [0.717, 1.165) is 17.5 Å². The van der Waals surface area contributed by atoms with Gasteiger partial charge in [0.05, 0.1) is 7.11 Å². The minimum Gasteiger partial charge on any atom is -0.496 e. The summed E-state index contributed by atoms with van der Waals surface area (Å²) in [6.45, 7) is 0. The number of methoxy groups -OCH3 is 1. The van der Waals surface area contributed by atoms with Gasteiger partial charge < -0.3 is 4.74 Å². The van der Waals surface area contributed by atoms with Gasteiger partial charge in [0.1, 0.15) is 22.8 Å². The first-order valence-electron chi connectivity index (χ1n) is 5.91. The molecule has 0 aliphatic rings. The molecule has 0 fully saturated rings. The van der Waals surface area contributed by atoms with Gasteiger partial charge in [-0.15, -0.1) is 0 Å². The van der Waals surface area contributed by atoms with Crippen LogP contribution in [-0.4, -0.2) is 22.8 Å². The molecule has 3 rings (SSSR count). The number of aldehydes is 1. The summed E-state index contributed by atoms with van der Waals surface area (Å²) in [5.41, 5.74) is 2.72. The van der Waals surface area contributed by atoms with Gasteiger partial charge in [0, 0.05) is 11.8 Å². The molecule has 0 saturated heterocycles. The van der Waals surface area contributed by atoms with Crippen LogP contribution in [0.3, 0.4) is 0 Å². The van der Waals surface area contributed by atoms with Crippen molar-refractivity contribution in [3.63, 3.8) is 0 Å². The molecule has 0 N–H and O–H groups in total. The molecule has 19 heavy (non-hydrogen) atoms. The van der Waals surface area contributed by atoms with Gasteiger partial charge in [0.25, 0.3) is 0 Å². The monoisotopic (exact) mass is 252 g/mol. The molecule has 94 valence electrons. The van der Waals surface area contributed by atoms with Crippen LogP contribution in [0.2, 0.25) is 0 Å². The van der Waals surface area contributed by atoms with Crippen molar-refractivity contribution in [2.45, 2.75) is 0 Å². The van der Waals surface area contributed by atoms with Crippen LogP contribution in [0.4, 0.5) is 0 Å². The second-order valence-corrected chi connectivity index (χ2v) is 4.09. The fourth-order valence-corrected chi connectivity index (χ4v) is 2.17. The summed E-state index contributed by atoms with van der Waals surface area (Å²) in [6, 6.07) is 13.2. The van der Waals surface area contributed by atoms with Gasteiger partial charge in [-0.2, -0.15) is 0 Å². The van der Waals surface area contributed by atoms with Crippen molar-refractivity contribution >= 4 is 11.9 Å². The molecule has 0 aliphatic carbocycles. The molecule has 0 atom stereocenters. The number of carbonyl (C=O) groups excluding carboxylic acids is 1. The van der Waals surface area contributed by atoms with Gasteiger partial charge in [-0.1, -0.05) is 18.2 Å². The highest BCUT2D eigenvalue weighted by molar-refractivity contribution is 5.87. The number of carbonyl (C=O) groups is 1. The van der Waals surface area contributed by atoms with E-state index in [1.54, 1.807) is 11.5 Å². The maximum atomic E-state index is 11.4. The molecule has 0 amide bonds. The van der Waals surface area contributed by atoms with E-state index in [-0.39, 0.29) is 0 Å². The van der Waals surface area contributed by atoms with Crippen LogP contribution < -0.4 is 4.74 Å². The molecular formula is C15H12N2O2. The van der Waals surface area contributed by atoms with E-state index < -0.39 is 0 Å². The lowest BCUT2D eigenvalue weighted by atomic mass is 10.1. The smallest absolute Gasteiger partial charge is 0.169 e. The first-order chi connectivity index (χ1) is 9.35. The van der Waals surface area contributed by atoms with Crippen molar-refractivity contribution in [1.29, 1.82) is 0 Å². The van der Waals surface area contributed by atoms with E-state index in [0.29, 0.717) is 17.1 Å². The van der Waals surface area contributed by atoms with Crippen molar-refractivity contribution in [2.24, 2.45) is 0 Å². The van der Waals surface area contributed by atoms with Crippen LogP contribution in [0, 0.1) is 0 Å². The Balaban J connectivity index is 2.33. The summed E-state index contributed by atoms with van der Waals surface area (Å²) < 4.78 is 7.10. The number of fused-ring (bicyclic) bond motifs is 1. The Morgan fingerprint density at radius 2 is 1.95 bits per heavy atom. The third-order valence-corrected chi connectivity index (χ3v) is 3.04. The predicted molar refractivity (Wildman–Crippen MR) is 72.6 cm³/mol. The summed E-state index contributed by atoms with van der Waals surface area (Å²) in [5, 5.41) is 0. The topological polar surface area (TPSA) is 43.6 Å². The average molecular weight is 252 g/mol. The maximum Gasteiger partial charge on any atom is 0.169 e. The Bertz CT molecular complexity index is 747. The van der Waals surface area contributed by atoms with Crippen molar-refractivity contribution in [2.75, 3.05) is 7.11 Å². The number of aromatic nitrogens is 2. The molecule has 3 aromatic rings. The standard InChI is InChI=1S/C15H12N2O2/c1-19-13-7-3-2-6-11(13)15-12(10-18)17-9-5-4-8-14(17)16-15/h2-10H,1H3. The Morgan fingerprint density at radius 1 is 1.16 bits per heavy atom. The second kappa shape index (κ2) is 4.57. The number of nitrogens with zero attached hydrogens (tertiary/aromatic N) is 2. The zero-order valence-corrected chi connectivity index (χ0v) is 10.4. The van der Waals surface area contributed by atoms with Crippen LogP contribution in [-0.2, 0) is 0 Å². The summed E-state index contributed by atoms with van der Waals surface area (Å²) >= 11 is 0. The largest absolute Gasteiger partial charge is 0.496 e. The predicted octanol–water partition coefficient (Wildman–Crippen LogP) is 2.82. The summed E-state index contributed by atoms with van der Waals surface area (Å²) in [4.78, 5) is 15.9. The van der Waals surface area contributed by atoms with Crippen LogP contribution in [0.1, 0.15) is 10.5 Å². The Kier molecular flexibility index (Phi) is 2.76. The lowest BCUT2D eigenvalue weighted by Crippen LogP contribution is -1.93. The first-order valence-corrected chi connectivity index (χ1v) is 5.91. The first kappa shape index (κ1) is 11.5. The average Bonchev–Trinajstić information content (AvgIpc) is 2.85. The molecule has 2 heterocycles. The van der Waals surface area contributed by atoms with E-state index >= 15 is 0 Å². The molecule has 0 unspecified atom stereocenters. The highest BCUT2D eigenvalue weighted by Crippen LogP contribution is 2.31. The number of imidazole rings is 1. The van der Waals surface area contributed by atoms with Crippen molar-refractivity contribution in [1.82, 2.24) is 9.38 Å². The minimum absolute atomic E-state index is 0.528. The van der Waals surface area contributed by atoms with Crippen LogP contribution >= 0.6 is 0 Å². The molecule has 4 heteroatoms. The number of para-hydroxylation sites is 1. The zero-order valence-electron chi connectivity index (χ0n) is 10.4. The molecule has 0 spiro atoms. The normalized spacial score (nSPS) is 10.6. The Labute approximate surface area is 110 Å². The highest BCUT2D eigenvalue weighted by atomic mass is 16.5. The summed E-state index contributed by atoms with van der Waals surface area (Å²) in [6.07, 6.45) is 2.65. The number of hydrogen-bond acceptors (Lipinski definition) is 3. The molecule has 4 nitrogen and oxygen atoms in total. The number of benzene rings is 1. The third-order valence-electron chi connectivity index (χ3n) is 3.04. The SMILES string of the molecule is COc1ccccc1-c1nc2ccccn2c1C=O. The maximum absolute atomic E-state index is 11.4. The number of rotatable bonds is 3. The number of ether oxygens (including phenoxy) is 1. The quantitative estimate of drug-likeness (QED) is 0.673. The highest BCUT2D eigenvalue weighted by Gasteiger charge is 2.15. The fraction of sp³-hybridized carbons (Fsp3) is 0.0667. The van der Waals surface area contributed by atoms with E-state index in [9.17, 15) is 4.79 Å². The van der Waals surface area contributed by atoms with E-state index in [4.69, 9.17) is 4.74 Å². The van der Waals surface area contributed by atoms with Crippen LogP contribution in [0.25, 0.3) is 16.9 Å². The van der Waals surface area contributed by atoms with E-state index in [1.807, 2.05) is 48.7 Å². The van der Waals surface area contributed by atoms with Crippen LogP contribution in [0.15, 0.2) is 48.7 Å². The Hall–Kier alpha value is -2.62. The van der Waals surface area contributed by atoms with E-state index in [1.165, 1.54) is 0 Å². The Morgan fingerprint density at radius 3 is 2.74 bits per heavy atom. The molecular weight excluding hydrogens is 240 g/mol. The third kappa shape index (κ3) is 1.78. The molecule has 0 bridgehead atoms. The van der Waals surface area contributed by atoms with Crippen molar-refractivity contribution in [3.05, 3.63) is 54.4 Å². The van der Waals surface area contributed by atoms with Gasteiger partial charge in [0.2, 0.25) is 0 Å². The van der Waals surface area contributed by atoms with Crippen LogP contribution in [0.5, 0.6) is 5.75 Å².